The number of anilines is 1. The van der Waals surface area contributed by atoms with E-state index in [-0.39, 0.29) is 11.4 Å². The summed E-state index contributed by atoms with van der Waals surface area (Å²) in [6.45, 7) is 2.39. The molecule has 2 aromatic rings. The van der Waals surface area contributed by atoms with Crippen LogP contribution in [0.1, 0.15) is 30.3 Å². The van der Waals surface area contributed by atoms with E-state index >= 15 is 0 Å². The van der Waals surface area contributed by atoms with E-state index in [9.17, 15) is 9.90 Å². The van der Waals surface area contributed by atoms with Crippen molar-refractivity contribution in [3.05, 3.63) is 36.0 Å². The predicted molar refractivity (Wildman–Crippen MR) is 74.8 cm³/mol. The first-order valence-electron chi connectivity index (χ1n) is 6.44. The standard InChI is InChI=1S/C14H17N3O3/c1-2-3-7-20-14(19)12-9-13(15)17(16-12)10-5-4-6-11(18)8-10/h4-6,8-9,18H,2-3,7,15H2,1H3. The van der Waals surface area contributed by atoms with Gasteiger partial charge in [0.1, 0.15) is 11.6 Å². The first kappa shape index (κ1) is 13.9. The van der Waals surface area contributed by atoms with E-state index in [0.29, 0.717) is 18.1 Å². The average Bonchev–Trinajstić information content (AvgIpc) is 2.81. The molecule has 1 aromatic carbocycles. The third kappa shape index (κ3) is 3.09. The Kier molecular flexibility index (Phi) is 4.24. The zero-order valence-corrected chi connectivity index (χ0v) is 11.2. The second-order valence-electron chi connectivity index (χ2n) is 4.38. The van der Waals surface area contributed by atoms with Crippen molar-refractivity contribution < 1.29 is 14.6 Å². The normalized spacial score (nSPS) is 10.4. The lowest BCUT2D eigenvalue weighted by Gasteiger charge is -2.04. The predicted octanol–water partition coefficient (Wildman–Crippen LogP) is 2.12. The number of nitrogens with zero attached hydrogens (tertiary/aromatic N) is 2. The highest BCUT2D eigenvalue weighted by atomic mass is 16.5. The molecule has 0 aliphatic heterocycles. The average molecular weight is 275 g/mol. The van der Waals surface area contributed by atoms with Gasteiger partial charge in [0, 0.05) is 12.1 Å². The molecule has 6 nitrogen and oxygen atoms in total. The molecule has 0 saturated heterocycles. The number of ether oxygens (including phenoxy) is 1. The highest BCUT2D eigenvalue weighted by Crippen LogP contribution is 2.19. The largest absolute Gasteiger partial charge is 0.508 e. The van der Waals surface area contributed by atoms with Crippen molar-refractivity contribution in [2.45, 2.75) is 19.8 Å². The zero-order chi connectivity index (χ0) is 14.5. The summed E-state index contributed by atoms with van der Waals surface area (Å²) in [5, 5.41) is 13.6. The van der Waals surface area contributed by atoms with Crippen molar-refractivity contribution in [1.29, 1.82) is 0 Å². The lowest BCUT2D eigenvalue weighted by molar-refractivity contribution is 0.0492. The highest BCUT2D eigenvalue weighted by molar-refractivity contribution is 5.88. The van der Waals surface area contributed by atoms with E-state index in [1.54, 1.807) is 18.2 Å². The van der Waals surface area contributed by atoms with Crippen LogP contribution in [-0.4, -0.2) is 27.5 Å². The summed E-state index contributed by atoms with van der Waals surface area (Å²) in [5.41, 5.74) is 6.56. The van der Waals surface area contributed by atoms with Crippen LogP contribution >= 0.6 is 0 Å². The molecule has 6 heteroatoms. The third-order valence-corrected chi connectivity index (χ3v) is 2.75. The van der Waals surface area contributed by atoms with Gasteiger partial charge in [0.15, 0.2) is 5.69 Å². The monoisotopic (exact) mass is 275 g/mol. The SMILES string of the molecule is CCCCOC(=O)c1cc(N)n(-c2cccc(O)c2)n1. The summed E-state index contributed by atoms with van der Waals surface area (Å²) in [7, 11) is 0. The third-order valence-electron chi connectivity index (χ3n) is 2.75. The molecule has 0 fully saturated rings. The maximum atomic E-state index is 11.8. The van der Waals surface area contributed by atoms with Gasteiger partial charge in [-0.3, -0.25) is 0 Å². The number of benzene rings is 1. The number of unbranched alkanes of at least 4 members (excludes halogenated alkanes) is 1. The molecule has 0 spiro atoms. The number of hydrogen-bond donors (Lipinski definition) is 2. The number of phenolic OH excluding ortho intramolecular Hbond substituents is 1. The Bertz CT molecular complexity index is 607. The minimum Gasteiger partial charge on any atom is -0.508 e. The van der Waals surface area contributed by atoms with Gasteiger partial charge in [-0.15, -0.1) is 0 Å². The van der Waals surface area contributed by atoms with Gasteiger partial charge in [0.2, 0.25) is 0 Å². The molecule has 0 atom stereocenters. The molecule has 0 aliphatic rings. The van der Waals surface area contributed by atoms with Crippen molar-refractivity contribution in [1.82, 2.24) is 9.78 Å². The second kappa shape index (κ2) is 6.10. The molecule has 106 valence electrons. The van der Waals surface area contributed by atoms with Gasteiger partial charge >= 0.3 is 5.97 Å². The van der Waals surface area contributed by atoms with Gasteiger partial charge in [0.05, 0.1) is 12.3 Å². The van der Waals surface area contributed by atoms with E-state index in [0.717, 1.165) is 12.8 Å². The van der Waals surface area contributed by atoms with Crippen molar-refractivity contribution >= 4 is 11.8 Å². The molecule has 0 aliphatic carbocycles. The molecule has 0 unspecified atom stereocenters. The fraction of sp³-hybridized carbons (Fsp3) is 0.286. The summed E-state index contributed by atoms with van der Waals surface area (Å²) >= 11 is 0. The first-order chi connectivity index (χ1) is 9.61. The molecule has 3 N–H and O–H groups in total. The lowest BCUT2D eigenvalue weighted by Crippen LogP contribution is -2.08. The van der Waals surface area contributed by atoms with Crippen molar-refractivity contribution in [3.8, 4) is 11.4 Å². The molecule has 0 radical (unpaired) electrons. The topological polar surface area (TPSA) is 90.4 Å². The number of carbonyl (C=O) groups is 1. The van der Waals surface area contributed by atoms with E-state index < -0.39 is 5.97 Å². The maximum Gasteiger partial charge on any atom is 0.358 e. The van der Waals surface area contributed by atoms with Gasteiger partial charge in [0.25, 0.3) is 0 Å². The Morgan fingerprint density at radius 2 is 2.25 bits per heavy atom. The van der Waals surface area contributed by atoms with E-state index in [1.165, 1.54) is 16.8 Å². The van der Waals surface area contributed by atoms with Crippen LogP contribution in [-0.2, 0) is 4.74 Å². The van der Waals surface area contributed by atoms with Crippen LogP contribution in [0, 0.1) is 0 Å². The Morgan fingerprint density at radius 3 is 2.95 bits per heavy atom. The molecule has 0 saturated carbocycles. The van der Waals surface area contributed by atoms with Crippen LogP contribution in [0.3, 0.4) is 0 Å². The van der Waals surface area contributed by atoms with E-state index in [1.807, 2.05) is 6.92 Å². The number of phenols is 1. The van der Waals surface area contributed by atoms with Crippen molar-refractivity contribution in [2.75, 3.05) is 12.3 Å². The number of rotatable bonds is 5. The van der Waals surface area contributed by atoms with Gasteiger partial charge < -0.3 is 15.6 Å². The Hall–Kier alpha value is -2.50. The summed E-state index contributed by atoms with van der Waals surface area (Å²) in [5.74, 6) is -0.0911. The minimum atomic E-state index is -0.496. The fourth-order valence-corrected chi connectivity index (χ4v) is 1.71. The number of aromatic hydroxyl groups is 1. The molecular weight excluding hydrogens is 258 g/mol. The molecule has 0 amide bonds. The lowest BCUT2D eigenvalue weighted by atomic mass is 10.3. The van der Waals surface area contributed by atoms with Crippen LogP contribution in [0.25, 0.3) is 5.69 Å². The molecule has 0 bridgehead atoms. The molecule has 1 aromatic heterocycles. The summed E-state index contributed by atoms with van der Waals surface area (Å²) < 4.78 is 6.46. The second-order valence-corrected chi connectivity index (χ2v) is 4.38. The summed E-state index contributed by atoms with van der Waals surface area (Å²) in [4.78, 5) is 11.8. The Labute approximate surface area is 116 Å². The van der Waals surface area contributed by atoms with E-state index in [4.69, 9.17) is 10.5 Å². The number of hydrogen-bond acceptors (Lipinski definition) is 5. The van der Waals surface area contributed by atoms with Crippen LogP contribution in [0.2, 0.25) is 0 Å². The van der Waals surface area contributed by atoms with Crippen molar-refractivity contribution in [2.24, 2.45) is 0 Å². The molecule has 20 heavy (non-hydrogen) atoms. The Morgan fingerprint density at radius 1 is 1.45 bits per heavy atom. The van der Waals surface area contributed by atoms with Crippen molar-refractivity contribution in [3.63, 3.8) is 0 Å². The van der Waals surface area contributed by atoms with Crippen LogP contribution in [0.5, 0.6) is 5.75 Å². The first-order valence-corrected chi connectivity index (χ1v) is 6.44. The number of carbonyl (C=O) groups excluding carboxylic acids is 1. The summed E-state index contributed by atoms with van der Waals surface area (Å²) in [6.07, 6.45) is 1.77. The minimum absolute atomic E-state index is 0.101. The zero-order valence-electron chi connectivity index (χ0n) is 11.2. The quantitative estimate of drug-likeness (QED) is 0.644. The van der Waals surface area contributed by atoms with Gasteiger partial charge in [-0.2, -0.15) is 5.10 Å². The number of aromatic nitrogens is 2. The number of esters is 1. The maximum absolute atomic E-state index is 11.8. The summed E-state index contributed by atoms with van der Waals surface area (Å²) in [6, 6.07) is 7.91. The van der Waals surface area contributed by atoms with Crippen LogP contribution < -0.4 is 5.73 Å². The number of nitrogen functional groups attached to an aromatic ring is 1. The van der Waals surface area contributed by atoms with Crippen LogP contribution in [0.4, 0.5) is 5.82 Å². The Balaban J connectivity index is 2.19. The van der Waals surface area contributed by atoms with Gasteiger partial charge in [-0.1, -0.05) is 19.4 Å². The molecular formula is C14H17N3O3. The van der Waals surface area contributed by atoms with Gasteiger partial charge in [-0.05, 0) is 18.6 Å². The van der Waals surface area contributed by atoms with E-state index in [2.05, 4.69) is 5.10 Å². The molecule has 1 heterocycles. The fourth-order valence-electron chi connectivity index (χ4n) is 1.71. The van der Waals surface area contributed by atoms with Gasteiger partial charge in [-0.25, -0.2) is 9.48 Å². The highest BCUT2D eigenvalue weighted by Gasteiger charge is 2.15. The smallest absolute Gasteiger partial charge is 0.358 e. The molecule has 2 rings (SSSR count). The van der Waals surface area contributed by atoms with Crippen LogP contribution in [0.15, 0.2) is 30.3 Å². The number of nitrogens with two attached hydrogens (primary N) is 1.